The molecule has 0 bridgehead atoms. The van der Waals surface area contributed by atoms with Gasteiger partial charge in [-0.05, 0) is 18.9 Å². The maximum absolute atomic E-state index is 11.9. The van der Waals surface area contributed by atoms with E-state index in [2.05, 4.69) is 15.7 Å². The third kappa shape index (κ3) is 3.09. The monoisotopic (exact) mass is 250 g/mol. The molecule has 0 saturated carbocycles. The average molecular weight is 250 g/mol. The van der Waals surface area contributed by atoms with Gasteiger partial charge in [-0.2, -0.15) is 5.10 Å². The summed E-state index contributed by atoms with van der Waals surface area (Å²) >= 11 is 0. The van der Waals surface area contributed by atoms with Crippen LogP contribution in [0.1, 0.15) is 36.2 Å². The first-order chi connectivity index (χ1) is 8.66. The van der Waals surface area contributed by atoms with E-state index in [1.807, 2.05) is 0 Å². The van der Waals surface area contributed by atoms with E-state index in [0.29, 0.717) is 18.7 Å². The number of nitrogens with one attached hydrogen (secondary N) is 2. The molecule has 1 fully saturated rings. The molecule has 0 aromatic carbocycles. The number of amides is 2. The second-order valence-electron chi connectivity index (χ2n) is 4.56. The zero-order chi connectivity index (χ0) is 13.0. The Kier molecular flexibility index (Phi) is 3.96. The van der Waals surface area contributed by atoms with Crippen LogP contribution >= 0.6 is 0 Å². The molecule has 1 unspecified atom stereocenters. The number of hydrogen-bond acceptors (Lipinski definition) is 3. The van der Waals surface area contributed by atoms with Gasteiger partial charge in [0.1, 0.15) is 5.69 Å². The molecule has 1 aromatic rings. The van der Waals surface area contributed by atoms with Gasteiger partial charge in [-0.1, -0.05) is 6.42 Å². The van der Waals surface area contributed by atoms with Crippen molar-refractivity contribution in [2.24, 2.45) is 7.05 Å². The Labute approximate surface area is 106 Å². The fraction of sp³-hybridized carbons (Fsp3) is 0.583. The summed E-state index contributed by atoms with van der Waals surface area (Å²) in [6.07, 6.45) is 5.04. The van der Waals surface area contributed by atoms with Crippen molar-refractivity contribution < 1.29 is 9.59 Å². The molecule has 2 N–H and O–H groups in total. The van der Waals surface area contributed by atoms with Crippen molar-refractivity contribution >= 4 is 11.8 Å². The van der Waals surface area contributed by atoms with Gasteiger partial charge in [0.15, 0.2) is 0 Å². The lowest BCUT2D eigenvalue weighted by Crippen LogP contribution is -2.42. The highest BCUT2D eigenvalue weighted by molar-refractivity contribution is 5.92. The van der Waals surface area contributed by atoms with Crippen LogP contribution in [0.2, 0.25) is 0 Å². The van der Waals surface area contributed by atoms with E-state index in [1.54, 1.807) is 19.3 Å². The zero-order valence-corrected chi connectivity index (χ0v) is 10.5. The standard InChI is InChI=1S/C12H18N4O2/c1-16-10(6-7-14-16)12(18)13-8-9-4-2-3-5-11(17)15-9/h6-7,9H,2-5,8H2,1H3,(H,13,18)(H,15,17). The Morgan fingerprint density at radius 1 is 1.61 bits per heavy atom. The molecule has 18 heavy (non-hydrogen) atoms. The quantitative estimate of drug-likeness (QED) is 0.805. The van der Waals surface area contributed by atoms with Gasteiger partial charge in [-0.25, -0.2) is 0 Å². The summed E-state index contributed by atoms with van der Waals surface area (Å²) in [7, 11) is 1.72. The highest BCUT2D eigenvalue weighted by Crippen LogP contribution is 2.08. The van der Waals surface area contributed by atoms with Crippen LogP contribution in [0.5, 0.6) is 0 Å². The molecule has 1 saturated heterocycles. The molecule has 1 aromatic heterocycles. The van der Waals surface area contributed by atoms with Gasteiger partial charge < -0.3 is 10.6 Å². The largest absolute Gasteiger partial charge is 0.352 e. The Morgan fingerprint density at radius 2 is 2.44 bits per heavy atom. The highest BCUT2D eigenvalue weighted by atomic mass is 16.2. The molecule has 6 nitrogen and oxygen atoms in total. The third-order valence-electron chi connectivity index (χ3n) is 3.13. The van der Waals surface area contributed by atoms with Gasteiger partial charge in [0.2, 0.25) is 5.91 Å². The fourth-order valence-electron chi connectivity index (χ4n) is 2.10. The van der Waals surface area contributed by atoms with Crippen molar-refractivity contribution in [3.63, 3.8) is 0 Å². The van der Waals surface area contributed by atoms with E-state index in [9.17, 15) is 9.59 Å². The summed E-state index contributed by atoms with van der Waals surface area (Å²) in [5.41, 5.74) is 0.523. The Bertz CT molecular complexity index is 441. The van der Waals surface area contributed by atoms with Gasteiger partial charge >= 0.3 is 0 Å². The van der Waals surface area contributed by atoms with E-state index in [4.69, 9.17) is 0 Å². The van der Waals surface area contributed by atoms with Crippen LogP contribution in [0, 0.1) is 0 Å². The number of aryl methyl sites for hydroxylation is 1. The number of rotatable bonds is 3. The van der Waals surface area contributed by atoms with E-state index >= 15 is 0 Å². The zero-order valence-electron chi connectivity index (χ0n) is 10.5. The maximum Gasteiger partial charge on any atom is 0.269 e. The predicted molar refractivity (Wildman–Crippen MR) is 65.9 cm³/mol. The van der Waals surface area contributed by atoms with E-state index in [1.165, 1.54) is 4.68 Å². The van der Waals surface area contributed by atoms with Crippen LogP contribution in [0.15, 0.2) is 12.3 Å². The summed E-state index contributed by atoms with van der Waals surface area (Å²) in [6, 6.07) is 1.71. The topological polar surface area (TPSA) is 76.0 Å². The van der Waals surface area contributed by atoms with Crippen LogP contribution in [0.25, 0.3) is 0 Å². The van der Waals surface area contributed by atoms with Crippen LogP contribution < -0.4 is 10.6 Å². The van der Waals surface area contributed by atoms with Gasteiger partial charge in [0.25, 0.3) is 5.91 Å². The minimum atomic E-state index is -0.159. The predicted octanol–water partition coefficient (Wildman–Crippen LogP) is 0.209. The lowest BCUT2D eigenvalue weighted by atomic mass is 10.1. The van der Waals surface area contributed by atoms with Crippen molar-refractivity contribution in [1.29, 1.82) is 0 Å². The summed E-state index contributed by atoms with van der Waals surface area (Å²) in [4.78, 5) is 23.2. The Hall–Kier alpha value is -1.85. The van der Waals surface area contributed by atoms with E-state index in [0.717, 1.165) is 19.3 Å². The van der Waals surface area contributed by atoms with Gasteiger partial charge in [-0.15, -0.1) is 0 Å². The van der Waals surface area contributed by atoms with Crippen LogP contribution in [0.4, 0.5) is 0 Å². The minimum absolute atomic E-state index is 0.0391. The van der Waals surface area contributed by atoms with Gasteiger partial charge in [-0.3, -0.25) is 14.3 Å². The smallest absolute Gasteiger partial charge is 0.269 e. The SMILES string of the molecule is Cn1nccc1C(=O)NCC1CCCCC(=O)N1. The average Bonchev–Trinajstić information content (AvgIpc) is 2.65. The first-order valence-electron chi connectivity index (χ1n) is 6.22. The number of hydrogen-bond donors (Lipinski definition) is 2. The highest BCUT2D eigenvalue weighted by Gasteiger charge is 2.17. The van der Waals surface area contributed by atoms with Crippen molar-refractivity contribution in [3.8, 4) is 0 Å². The molecular formula is C12H18N4O2. The number of carbonyl (C=O) groups is 2. The molecule has 1 aliphatic heterocycles. The molecule has 2 amide bonds. The van der Waals surface area contributed by atoms with Gasteiger partial charge in [0.05, 0.1) is 0 Å². The van der Waals surface area contributed by atoms with Crippen molar-refractivity contribution in [1.82, 2.24) is 20.4 Å². The normalized spacial score (nSPS) is 20.1. The maximum atomic E-state index is 11.9. The van der Waals surface area contributed by atoms with Crippen LogP contribution in [0.3, 0.4) is 0 Å². The summed E-state index contributed by atoms with van der Waals surface area (Å²) in [6.45, 7) is 0.468. The molecule has 0 radical (unpaired) electrons. The molecule has 0 aliphatic carbocycles. The number of carbonyl (C=O) groups excluding carboxylic acids is 2. The van der Waals surface area contributed by atoms with E-state index in [-0.39, 0.29) is 17.9 Å². The molecule has 1 aliphatic rings. The van der Waals surface area contributed by atoms with Crippen molar-refractivity contribution in [3.05, 3.63) is 18.0 Å². The first-order valence-corrected chi connectivity index (χ1v) is 6.22. The minimum Gasteiger partial charge on any atom is -0.352 e. The second-order valence-corrected chi connectivity index (χ2v) is 4.56. The molecule has 98 valence electrons. The third-order valence-corrected chi connectivity index (χ3v) is 3.13. The lowest BCUT2D eigenvalue weighted by Gasteiger charge is -2.16. The summed E-state index contributed by atoms with van der Waals surface area (Å²) in [5.74, 6) is -0.0826. The lowest BCUT2D eigenvalue weighted by molar-refractivity contribution is -0.121. The molecule has 6 heteroatoms. The fourth-order valence-corrected chi connectivity index (χ4v) is 2.10. The second kappa shape index (κ2) is 5.66. The van der Waals surface area contributed by atoms with Crippen molar-refractivity contribution in [2.45, 2.75) is 31.7 Å². The number of aromatic nitrogens is 2. The first kappa shape index (κ1) is 12.6. The molecule has 0 spiro atoms. The van der Waals surface area contributed by atoms with Crippen LogP contribution in [-0.2, 0) is 11.8 Å². The van der Waals surface area contributed by atoms with Crippen LogP contribution in [-0.4, -0.2) is 34.2 Å². The Morgan fingerprint density at radius 3 is 3.17 bits per heavy atom. The Balaban J connectivity index is 1.85. The number of nitrogens with zero attached hydrogens (tertiary/aromatic N) is 2. The molecule has 2 heterocycles. The molecule has 1 atom stereocenters. The summed E-state index contributed by atoms with van der Waals surface area (Å²) in [5, 5.41) is 9.69. The molecular weight excluding hydrogens is 232 g/mol. The van der Waals surface area contributed by atoms with E-state index < -0.39 is 0 Å². The molecule has 2 rings (SSSR count). The summed E-state index contributed by atoms with van der Waals surface area (Å²) < 4.78 is 1.53. The van der Waals surface area contributed by atoms with Crippen molar-refractivity contribution in [2.75, 3.05) is 6.54 Å². The van der Waals surface area contributed by atoms with Gasteiger partial charge in [0, 0.05) is 32.3 Å².